The van der Waals surface area contributed by atoms with Gasteiger partial charge in [-0.2, -0.15) is 0 Å². The highest BCUT2D eigenvalue weighted by molar-refractivity contribution is 5.68. The molecule has 1 fully saturated rings. The van der Waals surface area contributed by atoms with Crippen LogP contribution in [0, 0.1) is 0 Å². The Labute approximate surface area is 95.7 Å². The Morgan fingerprint density at radius 2 is 2.06 bits per heavy atom. The van der Waals surface area contributed by atoms with E-state index in [0.29, 0.717) is 17.2 Å². The largest absolute Gasteiger partial charge is 0.336 e. The number of rotatable bonds is 1. The summed E-state index contributed by atoms with van der Waals surface area (Å²) >= 11 is 0. The average molecular weight is 235 g/mol. The number of aromatic nitrogens is 4. The molecule has 0 aliphatic carbocycles. The van der Waals surface area contributed by atoms with Crippen LogP contribution in [0.25, 0.3) is 11.2 Å². The van der Waals surface area contributed by atoms with Gasteiger partial charge >= 0.3 is 5.69 Å². The molecule has 2 aromatic rings. The zero-order chi connectivity index (χ0) is 12.0. The zero-order valence-electron chi connectivity index (χ0n) is 9.33. The van der Waals surface area contributed by atoms with Crippen molar-refractivity contribution in [3.63, 3.8) is 0 Å². The molecule has 0 amide bonds. The molecular formula is C10H13N5O2. The van der Waals surface area contributed by atoms with E-state index in [1.54, 1.807) is 0 Å². The van der Waals surface area contributed by atoms with Gasteiger partial charge in [0.15, 0.2) is 5.65 Å². The number of hydrogen-bond acceptors (Lipinski definition) is 4. The third-order valence-electron chi connectivity index (χ3n) is 3.28. The zero-order valence-corrected chi connectivity index (χ0v) is 9.33. The van der Waals surface area contributed by atoms with Crippen molar-refractivity contribution in [1.29, 1.82) is 0 Å². The van der Waals surface area contributed by atoms with Gasteiger partial charge in [0.1, 0.15) is 11.3 Å². The van der Waals surface area contributed by atoms with Gasteiger partial charge in [-0.25, -0.2) is 9.78 Å². The van der Waals surface area contributed by atoms with Crippen molar-refractivity contribution in [1.82, 2.24) is 25.3 Å². The molecule has 4 N–H and O–H groups in total. The lowest BCUT2D eigenvalue weighted by atomic mass is 10.0. The van der Waals surface area contributed by atoms with E-state index in [2.05, 4.69) is 32.2 Å². The standard InChI is InChI=1S/C10H13N5O2/c1-4-5(2-3-11-4)7-12-6-8(13-7)14-10(17)15-9(6)16/h4-5,11H,2-3H2,1H3,(H3,12,13,14,15,16,17). The molecule has 7 nitrogen and oxygen atoms in total. The first-order valence-corrected chi connectivity index (χ1v) is 5.61. The third-order valence-corrected chi connectivity index (χ3v) is 3.28. The fraction of sp³-hybridized carbons (Fsp3) is 0.500. The summed E-state index contributed by atoms with van der Waals surface area (Å²) in [6, 6.07) is 0.321. The van der Waals surface area contributed by atoms with Crippen LogP contribution in [0.4, 0.5) is 0 Å². The highest BCUT2D eigenvalue weighted by Crippen LogP contribution is 2.25. The molecule has 17 heavy (non-hydrogen) atoms. The maximum absolute atomic E-state index is 11.5. The van der Waals surface area contributed by atoms with E-state index in [-0.39, 0.29) is 5.92 Å². The molecule has 1 aliphatic heterocycles. The van der Waals surface area contributed by atoms with Gasteiger partial charge in [0.25, 0.3) is 5.56 Å². The molecule has 1 saturated heterocycles. The highest BCUT2D eigenvalue weighted by atomic mass is 16.2. The molecule has 2 unspecified atom stereocenters. The molecule has 90 valence electrons. The number of nitrogens with zero attached hydrogens (tertiary/aromatic N) is 1. The number of aromatic amines is 3. The maximum Gasteiger partial charge on any atom is 0.327 e. The summed E-state index contributed by atoms with van der Waals surface area (Å²) in [5, 5.41) is 3.32. The topological polar surface area (TPSA) is 106 Å². The van der Waals surface area contributed by atoms with Crippen LogP contribution in [0.2, 0.25) is 0 Å². The van der Waals surface area contributed by atoms with Crippen molar-refractivity contribution in [2.75, 3.05) is 6.54 Å². The minimum atomic E-state index is -0.529. The maximum atomic E-state index is 11.5. The molecular weight excluding hydrogens is 222 g/mol. The van der Waals surface area contributed by atoms with Gasteiger partial charge in [-0.1, -0.05) is 0 Å². The van der Waals surface area contributed by atoms with Gasteiger partial charge in [-0.15, -0.1) is 0 Å². The molecule has 0 spiro atoms. The first kappa shape index (κ1) is 10.3. The van der Waals surface area contributed by atoms with Gasteiger partial charge in [0.05, 0.1) is 0 Å². The van der Waals surface area contributed by atoms with Crippen LogP contribution in [0.3, 0.4) is 0 Å². The molecule has 3 rings (SSSR count). The van der Waals surface area contributed by atoms with E-state index in [9.17, 15) is 9.59 Å². The predicted octanol–water partition coefficient (Wildman–Crippen LogP) is -0.595. The summed E-state index contributed by atoms with van der Waals surface area (Å²) in [6.45, 7) is 3.02. The summed E-state index contributed by atoms with van der Waals surface area (Å²) in [5.41, 5.74) is -0.300. The van der Waals surface area contributed by atoms with Crippen LogP contribution >= 0.6 is 0 Å². The number of H-pyrrole nitrogens is 3. The fourth-order valence-corrected chi connectivity index (χ4v) is 2.36. The minimum Gasteiger partial charge on any atom is -0.336 e. The van der Waals surface area contributed by atoms with Crippen molar-refractivity contribution >= 4 is 11.2 Å². The average Bonchev–Trinajstić information content (AvgIpc) is 2.83. The Balaban J connectivity index is 2.16. The summed E-state index contributed by atoms with van der Waals surface area (Å²) in [4.78, 5) is 34.7. The van der Waals surface area contributed by atoms with E-state index in [1.807, 2.05) is 0 Å². The molecule has 2 aromatic heterocycles. The van der Waals surface area contributed by atoms with Gasteiger partial charge in [-0.3, -0.25) is 14.8 Å². The minimum absolute atomic E-state index is 0.255. The van der Waals surface area contributed by atoms with E-state index in [4.69, 9.17) is 0 Å². The summed E-state index contributed by atoms with van der Waals surface area (Å²) in [7, 11) is 0. The number of nitrogens with one attached hydrogen (secondary N) is 4. The van der Waals surface area contributed by atoms with Crippen molar-refractivity contribution in [3.05, 3.63) is 26.7 Å². The lowest BCUT2D eigenvalue weighted by molar-refractivity contribution is 0.574. The summed E-state index contributed by atoms with van der Waals surface area (Å²) < 4.78 is 0. The predicted molar refractivity (Wildman–Crippen MR) is 62.2 cm³/mol. The Morgan fingerprint density at radius 1 is 1.24 bits per heavy atom. The number of hydrogen-bond donors (Lipinski definition) is 4. The first-order chi connectivity index (χ1) is 8.15. The Morgan fingerprint density at radius 3 is 2.76 bits per heavy atom. The fourth-order valence-electron chi connectivity index (χ4n) is 2.36. The monoisotopic (exact) mass is 235 g/mol. The van der Waals surface area contributed by atoms with Gasteiger partial charge in [0, 0.05) is 12.0 Å². The first-order valence-electron chi connectivity index (χ1n) is 5.61. The van der Waals surface area contributed by atoms with Crippen LogP contribution in [0.15, 0.2) is 9.59 Å². The Hall–Kier alpha value is -1.89. The van der Waals surface area contributed by atoms with Crippen molar-refractivity contribution in [3.8, 4) is 0 Å². The molecule has 0 bridgehead atoms. The smallest absolute Gasteiger partial charge is 0.327 e. The second-order valence-electron chi connectivity index (χ2n) is 4.39. The summed E-state index contributed by atoms with van der Waals surface area (Å²) in [5.74, 6) is 1.01. The van der Waals surface area contributed by atoms with E-state index >= 15 is 0 Å². The second-order valence-corrected chi connectivity index (χ2v) is 4.39. The molecule has 0 saturated carbocycles. The molecule has 2 atom stereocenters. The summed E-state index contributed by atoms with van der Waals surface area (Å²) in [6.07, 6.45) is 0.975. The SMILES string of the molecule is CC1NCCC1c1nc2[nH]c(=O)[nH]c(=O)c2[nH]1. The molecule has 1 aliphatic rings. The van der Waals surface area contributed by atoms with E-state index in [0.717, 1.165) is 18.8 Å². The van der Waals surface area contributed by atoms with Crippen LogP contribution in [0.1, 0.15) is 25.1 Å². The lowest BCUT2D eigenvalue weighted by Gasteiger charge is -2.10. The van der Waals surface area contributed by atoms with Crippen molar-refractivity contribution in [2.45, 2.75) is 25.3 Å². The van der Waals surface area contributed by atoms with E-state index < -0.39 is 11.2 Å². The molecule has 7 heteroatoms. The molecule has 0 radical (unpaired) electrons. The lowest BCUT2D eigenvalue weighted by Crippen LogP contribution is -2.22. The van der Waals surface area contributed by atoms with Gasteiger partial charge < -0.3 is 10.3 Å². The van der Waals surface area contributed by atoms with E-state index in [1.165, 1.54) is 0 Å². The third kappa shape index (κ3) is 1.59. The normalized spacial score (nSPS) is 24.5. The van der Waals surface area contributed by atoms with Crippen LogP contribution < -0.4 is 16.6 Å². The molecule has 0 aromatic carbocycles. The van der Waals surface area contributed by atoms with Crippen LogP contribution in [-0.2, 0) is 0 Å². The van der Waals surface area contributed by atoms with Crippen LogP contribution in [0.5, 0.6) is 0 Å². The van der Waals surface area contributed by atoms with Crippen LogP contribution in [-0.4, -0.2) is 32.5 Å². The Bertz CT molecular complexity index is 667. The number of fused-ring (bicyclic) bond motifs is 1. The Kier molecular flexibility index (Phi) is 2.15. The van der Waals surface area contributed by atoms with Crippen molar-refractivity contribution < 1.29 is 0 Å². The van der Waals surface area contributed by atoms with Crippen molar-refractivity contribution in [2.24, 2.45) is 0 Å². The number of imidazole rings is 1. The quantitative estimate of drug-likeness (QED) is 0.529. The second kappa shape index (κ2) is 3.56. The van der Waals surface area contributed by atoms with Gasteiger partial charge in [-0.05, 0) is 19.9 Å². The highest BCUT2D eigenvalue weighted by Gasteiger charge is 2.27. The van der Waals surface area contributed by atoms with Gasteiger partial charge in [0.2, 0.25) is 0 Å². The molecule has 3 heterocycles.